The van der Waals surface area contributed by atoms with Crippen molar-refractivity contribution in [2.24, 2.45) is 5.92 Å². The molecule has 2 aromatic heterocycles. The average molecular weight is 380 g/mol. The predicted molar refractivity (Wildman–Crippen MR) is 110 cm³/mol. The largest absolute Gasteiger partial charge is 0.361 e. The molecule has 1 saturated carbocycles. The SMILES string of the molecule is O=C(CN1CCc2sccc2[C@@H]1C1CC1)NCCc1c[nH]c2ccccc12. The van der Waals surface area contributed by atoms with E-state index in [0.717, 1.165) is 30.8 Å². The Balaban J connectivity index is 1.18. The van der Waals surface area contributed by atoms with Gasteiger partial charge in [0, 0.05) is 41.1 Å². The molecule has 0 radical (unpaired) electrons. The van der Waals surface area contributed by atoms with E-state index in [-0.39, 0.29) is 5.91 Å². The monoisotopic (exact) mass is 379 g/mol. The summed E-state index contributed by atoms with van der Waals surface area (Å²) in [6.07, 6.45) is 6.61. The van der Waals surface area contributed by atoms with E-state index >= 15 is 0 Å². The molecule has 2 aliphatic rings. The van der Waals surface area contributed by atoms with Crippen molar-refractivity contribution in [3.8, 4) is 0 Å². The maximum Gasteiger partial charge on any atom is 0.234 e. The van der Waals surface area contributed by atoms with Crippen molar-refractivity contribution >= 4 is 28.1 Å². The maximum atomic E-state index is 12.6. The molecule has 2 N–H and O–H groups in total. The second kappa shape index (κ2) is 7.13. The molecule has 1 aromatic carbocycles. The number of nitrogens with zero attached hydrogens (tertiary/aromatic N) is 1. The zero-order valence-corrected chi connectivity index (χ0v) is 16.2. The predicted octanol–water partition coefficient (Wildman–Crippen LogP) is 3.90. The van der Waals surface area contributed by atoms with E-state index in [0.29, 0.717) is 19.1 Å². The number of para-hydroxylation sites is 1. The van der Waals surface area contributed by atoms with Crippen LogP contribution >= 0.6 is 11.3 Å². The summed E-state index contributed by atoms with van der Waals surface area (Å²) in [7, 11) is 0. The van der Waals surface area contributed by atoms with Gasteiger partial charge in [-0.1, -0.05) is 18.2 Å². The second-order valence-electron chi connectivity index (χ2n) is 7.76. The molecule has 0 spiro atoms. The Morgan fingerprint density at radius 3 is 3.04 bits per heavy atom. The van der Waals surface area contributed by atoms with Crippen LogP contribution in [0.4, 0.5) is 0 Å². The Hall–Kier alpha value is -2.11. The first-order valence-electron chi connectivity index (χ1n) is 9.91. The van der Waals surface area contributed by atoms with Gasteiger partial charge >= 0.3 is 0 Å². The average Bonchev–Trinajstić information content (AvgIpc) is 3.25. The summed E-state index contributed by atoms with van der Waals surface area (Å²) in [5.41, 5.74) is 3.91. The second-order valence-corrected chi connectivity index (χ2v) is 8.76. The van der Waals surface area contributed by atoms with Crippen LogP contribution in [-0.2, 0) is 17.6 Å². The van der Waals surface area contributed by atoms with Crippen molar-refractivity contribution < 1.29 is 4.79 Å². The summed E-state index contributed by atoms with van der Waals surface area (Å²) in [5.74, 6) is 0.900. The molecule has 1 aliphatic carbocycles. The lowest BCUT2D eigenvalue weighted by molar-refractivity contribution is -0.123. The molecule has 1 fully saturated rings. The van der Waals surface area contributed by atoms with Gasteiger partial charge in [-0.2, -0.15) is 0 Å². The number of carbonyl (C=O) groups excluding carboxylic acids is 1. The third-order valence-electron chi connectivity index (χ3n) is 5.92. The third-order valence-corrected chi connectivity index (χ3v) is 6.92. The van der Waals surface area contributed by atoms with Crippen molar-refractivity contribution in [3.63, 3.8) is 0 Å². The first kappa shape index (κ1) is 17.0. The van der Waals surface area contributed by atoms with E-state index < -0.39 is 0 Å². The molecular formula is C22H25N3OS. The highest BCUT2D eigenvalue weighted by Crippen LogP contribution is 2.48. The van der Waals surface area contributed by atoms with Gasteiger partial charge in [0.15, 0.2) is 0 Å². The van der Waals surface area contributed by atoms with Crippen LogP contribution in [-0.4, -0.2) is 35.4 Å². The van der Waals surface area contributed by atoms with Crippen LogP contribution in [0.2, 0.25) is 0 Å². The summed E-state index contributed by atoms with van der Waals surface area (Å²) < 4.78 is 0. The highest BCUT2D eigenvalue weighted by Gasteiger charge is 2.40. The zero-order valence-electron chi connectivity index (χ0n) is 15.4. The molecule has 0 bridgehead atoms. The topological polar surface area (TPSA) is 48.1 Å². The maximum absolute atomic E-state index is 12.6. The van der Waals surface area contributed by atoms with Gasteiger partial charge in [0.25, 0.3) is 0 Å². The molecule has 0 saturated heterocycles. The van der Waals surface area contributed by atoms with Gasteiger partial charge in [0.1, 0.15) is 0 Å². The smallest absolute Gasteiger partial charge is 0.234 e. The Morgan fingerprint density at radius 1 is 1.26 bits per heavy atom. The minimum atomic E-state index is 0.152. The Bertz CT molecular complexity index is 955. The van der Waals surface area contributed by atoms with Crippen molar-refractivity contribution in [1.82, 2.24) is 15.2 Å². The van der Waals surface area contributed by atoms with Crippen molar-refractivity contribution in [1.29, 1.82) is 0 Å². The fourth-order valence-electron chi connectivity index (χ4n) is 4.46. The van der Waals surface area contributed by atoms with Gasteiger partial charge in [0.05, 0.1) is 6.54 Å². The zero-order chi connectivity index (χ0) is 18.2. The number of benzene rings is 1. The van der Waals surface area contributed by atoms with Crippen LogP contribution < -0.4 is 5.32 Å². The number of nitrogens with one attached hydrogen (secondary N) is 2. The molecule has 3 heterocycles. The summed E-state index contributed by atoms with van der Waals surface area (Å²) in [5, 5.41) is 6.60. The van der Waals surface area contributed by atoms with E-state index in [4.69, 9.17) is 0 Å². The number of H-pyrrole nitrogens is 1. The Morgan fingerprint density at radius 2 is 2.15 bits per heavy atom. The number of thiophene rings is 1. The number of hydrogen-bond acceptors (Lipinski definition) is 3. The summed E-state index contributed by atoms with van der Waals surface area (Å²) in [4.78, 5) is 19.8. The highest BCUT2D eigenvalue weighted by atomic mass is 32.1. The van der Waals surface area contributed by atoms with Gasteiger partial charge in [0.2, 0.25) is 5.91 Å². The first-order chi connectivity index (χ1) is 13.3. The van der Waals surface area contributed by atoms with Gasteiger partial charge in [-0.25, -0.2) is 0 Å². The molecule has 140 valence electrons. The van der Waals surface area contributed by atoms with Crippen LogP contribution in [0.15, 0.2) is 41.9 Å². The highest BCUT2D eigenvalue weighted by molar-refractivity contribution is 7.10. The molecule has 5 heteroatoms. The molecule has 1 atom stereocenters. The minimum Gasteiger partial charge on any atom is -0.361 e. The van der Waals surface area contributed by atoms with Crippen LogP contribution in [0.3, 0.4) is 0 Å². The standard InChI is InChI=1S/C22H25N3OS/c26-21(23-10-7-16-13-24-19-4-2-1-3-17(16)19)14-25-11-8-20-18(9-12-27-20)22(25)15-5-6-15/h1-4,9,12-13,15,22,24H,5-8,10-11,14H2,(H,23,26)/t22-/m0/s1. The first-order valence-corrected chi connectivity index (χ1v) is 10.8. The Kier molecular flexibility index (Phi) is 4.50. The van der Waals surface area contributed by atoms with Crippen LogP contribution in [0.1, 0.15) is 34.9 Å². The van der Waals surface area contributed by atoms with E-state index in [9.17, 15) is 4.79 Å². The lowest BCUT2D eigenvalue weighted by Crippen LogP contribution is -2.43. The van der Waals surface area contributed by atoms with Gasteiger partial charge < -0.3 is 10.3 Å². The third kappa shape index (κ3) is 3.42. The number of carbonyl (C=O) groups is 1. The van der Waals surface area contributed by atoms with E-state index in [1.54, 1.807) is 0 Å². The fourth-order valence-corrected chi connectivity index (χ4v) is 5.37. The molecule has 3 aromatic rings. The number of aromatic nitrogens is 1. The van der Waals surface area contributed by atoms with E-state index in [1.165, 1.54) is 34.2 Å². The molecule has 1 aliphatic heterocycles. The fraction of sp³-hybridized carbons (Fsp3) is 0.409. The summed E-state index contributed by atoms with van der Waals surface area (Å²) in [6, 6.07) is 11.1. The van der Waals surface area contributed by atoms with Gasteiger partial charge in [-0.3, -0.25) is 9.69 Å². The van der Waals surface area contributed by atoms with Crippen LogP contribution in [0.25, 0.3) is 10.9 Å². The van der Waals surface area contributed by atoms with Gasteiger partial charge in [-0.15, -0.1) is 11.3 Å². The normalized spacial score (nSPS) is 19.9. The molecule has 1 amide bonds. The lowest BCUT2D eigenvalue weighted by Gasteiger charge is -2.35. The number of fused-ring (bicyclic) bond motifs is 2. The van der Waals surface area contributed by atoms with Crippen molar-refractivity contribution in [2.45, 2.75) is 31.7 Å². The number of amides is 1. The summed E-state index contributed by atoms with van der Waals surface area (Å²) >= 11 is 1.88. The minimum absolute atomic E-state index is 0.152. The van der Waals surface area contributed by atoms with Crippen molar-refractivity contribution in [3.05, 3.63) is 57.9 Å². The molecule has 4 nitrogen and oxygen atoms in total. The molecule has 5 rings (SSSR count). The van der Waals surface area contributed by atoms with Crippen LogP contribution in [0.5, 0.6) is 0 Å². The van der Waals surface area contributed by atoms with Crippen LogP contribution in [0, 0.1) is 5.92 Å². The quantitative estimate of drug-likeness (QED) is 0.682. The Labute approximate surface area is 163 Å². The van der Waals surface area contributed by atoms with E-state index in [1.807, 2.05) is 17.4 Å². The molecular weight excluding hydrogens is 354 g/mol. The number of rotatable bonds is 6. The number of hydrogen-bond donors (Lipinski definition) is 2. The summed E-state index contributed by atoms with van der Waals surface area (Å²) in [6.45, 7) is 2.21. The van der Waals surface area contributed by atoms with Gasteiger partial charge in [-0.05, 0) is 60.2 Å². The van der Waals surface area contributed by atoms with E-state index in [2.05, 4.69) is 51.0 Å². The molecule has 27 heavy (non-hydrogen) atoms. The van der Waals surface area contributed by atoms with Crippen molar-refractivity contribution in [2.75, 3.05) is 19.6 Å². The molecule has 0 unspecified atom stereocenters. The lowest BCUT2D eigenvalue weighted by atomic mass is 9.96. The number of aromatic amines is 1.